The lowest BCUT2D eigenvalue weighted by Gasteiger charge is -2.27. The van der Waals surface area contributed by atoms with E-state index in [1.165, 1.54) is 11.8 Å². The maximum atomic E-state index is 11.8. The lowest BCUT2D eigenvalue weighted by Crippen LogP contribution is -2.36. The van der Waals surface area contributed by atoms with Gasteiger partial charge in [-0.05, 0) is 14.1 Å². The van der Waals surface area contributed by atoms with Crippen LogP contribution in [0.4, 0.5) is 5.82 Å². The first kappa shape index (κ1) is 18.3. The van der Waals surface area contributed by atoms with Crippen molar-refractivity contribution >= 4 is 35.1 Å². The predicted octanol–water partition coefficient (Wildman–Crippen LogP) is 0.736. The molecule has 1 aliphatic rings. The van der Waals surface area contributed by atoms with E-state index in [4.69, 9.17) is 16.3 Å². The molecule has 1 saturated heterocycles. The summed E-state index contributed by atoms with van der Waals surface area (Å²) in [5, 5.41) is 3.76. The van der Waals surface area contributed by atoms with Crippen molar-refractivity contribution in [3.8, 4) is 0 Å². The van der Waals surface area contributed by atoms with Crippen molar-refractivity contribution in [2.24, 2.45) is 0 Å². The molecule has 7 nitrogen and oxygen atoms in total. The first-order valence-electron chi connectivity index (χ1n) is 7.46. The topological polar surface area (TPSA) is 70.6 Å². The Bertz CT molecular complexity index is 526. The van der Waals surface area contributed by atoms with Crippen LogP contribution >= 0.6 is 23.4 Å². The highest BCUT2D eigenvalue weighted by Gasteiger charge is 2.15. The van der Waals surface area contributed by atoms with Crippen molar-refractivity contribution in [2.75, 3.05) is 64.1 Å². The summed E-state index contributed by atoms with van der Waals surface area (Å²) in [4.78, 5) is 24.6. The molecule has 9 heteroatoms. The molecule has 1 aromatic rings. The smallest absolute Gasteiger partial charge is 0.230 e. The van der Waals surface area contributed by atoms with Crippen LogP contribution in [0.1, 0.15) is 0 Å². The van der Waals surface area contributed by atoms with E-state index in [0.717, 1.165) is 25.5 Å². The summed E-state index contributed by atoms with van der Waals surface area (Å²) in [6.07, 6.45) is 0. The van der Waals surface area contributed by atoms with Gasteiger partial charge in [0, 0.05) is 32.2 Å². The minimum absolute atomic E-state index is 0.0339. The monoisotopic (exact) mass is 359 g/mol. The van der Waals surface area contributed by atoms with E-state index >= 15 is 0 Å². The van der Waals surface area contributed by atoms with Crippen LogP contribution in [0.2, 0.25) is 5.15 Å². The van der Waals surface area contributed by atoms with E-state index in [1.54, 1.807) is 6.07 Å². The van der Waals surface area contributed by atoms with Gasteiger partial charge in [-0.3, -0.25) is 4.79 Å². The van der Waals surface area contributed by atoms with Gasteiger partial charge in [-0.1, -0.05) is 23.4 Å². The number of carbonyl (C=O) groups is 1. The maximum Gasteiger partial charge on any atom is 0.230 e. The maximum absolute atomic E-state index is 11.8. The fourth-order valence-corrected chi connectivity index (χ4v) is 2.92. The fourth-order valence-electron chi connectivity index (χ4n) is 2.00. The van der Waals surface area contributed by atoms with Crippen LogP contribution in [-0.4, -0.2) is 80.0 Å². The zero-order valence-electron chi connectivity index (χ0n) is 13.4. The molecule has 0 radical (unpaired) electrons. The number of anilines is 1. The van der Waals surface area contributed by atoms with Crippen LogP contribution in [0.5, 0.6) is 0 Å². The summed E-state index contributed by atoms with van der Waals surface area (Å²) in [7, 11) is 3.93. The number of hydrogen-bond donors (Lipinski definition) is 1. The van der Waals surface area contributed by atoms with Gasteiger partial charge < -0.3 is 19.9 Å². The molecule has 0 bridgehead atoms. The molecule has 0 aromatic carbocycles. The molecule has 1 aromatic heterocycles. The Hall–Kier alpha value is -1.09. The third-order valence-electron chi connectivity index (χ3n) is 3.21. The number of carbonyl (C=O) groups excluding carboxylic acids is 1. The number of likely N-dealkylation sites (N-methyl/N-ethyl adjacent to an activating group) is 1. The predicted molar refractivity (Wildman–Crippen MR) is 92.4 cm³/mol. The lowest BCUT2D eigenvalue weighted by atomic mass is 10.4. The highest BCUT2D eigenvalue weighted by molar-refractivity contribution is 7.99. The largest absolute Gasteiger partial charge is 0.378 e. The first-order valence-corrected chi connectivity index (χ1v) is 8.82. The number of halogens is 1. The number of nitrogens with one attached hydrogen (secondary N) is 1. The number of aromatic nitrogens is 2. The lowest BCUT2D eigenvalue weighted by molar-refractivity contribution is -0.118. The average Bonchev–Trinajstić information content (AvgIpc) is 2.53. The van der Waals surface area contributed by atoms with Gasteiger partial charge in [-0.15, -0.1) is 0 Å². The van der Waals surface area contributed by atoms with Crippen LogP contribution in [0.25, 0.3) is 0 Å². The molecule has 1 fully saturated rings. The molecule has 1 aliphatic heterocycles. The van der Waals surface area contributed by atoms with Crippen LogP contribution in [-0.2, 0) is 9.53 Å². The molecule has 2 heterocycles. The zero-order chi connectivity index (χ0) is 16.7. The third kappa shape index (κ3) is 6.50. The molecule has 0 spiro atoms. The van der Waals surface area contributed by atoms with Gasteiger partial charge in [0.25, 0.3) is 0 Å². The second-order valence-corrected chi connectivity index (χ2v) is 6.70. The second kappa shape index (κ2) is 9.27. The molecular formula is C14H22ClN5O2S. The van der Waals surface area contributed by atoms with E-state index in [-0.39, 0.29) is 11.7 Å². The minimum Gasteiger partial charge on any atom is -0.378 e. The van der Waals surface area contributed by atoms with Gasteiger partial charge in [0.05, 0.1) is 19.0 Å². The molecule has 0 atom stereocenters. The highest BCUT2D eigenvalue weighted by atomic mass is 35.5. The minimum atomic E-state index is -0.0339. The molecule has 0 aliphatic carbocycles. The fraction of sp³-hybridized carbons (Fsp3) is 0.643. The molecule has 23 heavy (non-hydrogen) atoms. The van der Waals surface area contributed by atoms with E-state index < -0.39 is 0 Å². The second-order valence-electron chi connectivity index (χ2n) is 5.37. The summed E-state index contributed by atoms with van der Waals surface area (Å²) < 4.78 is 5.34. The standard InChI is InChI=1S/C14H22ClN5O2S/c1-19(2)4-3-16-13(21)10-23-14-17-11(15)9-12(18-14)20-5-7-22-8-6-20/h9H,3-8,10H2,1-2H3,(H,16,21). The van der Waals surface area contributed by atoms with Crippen LogP contribution in [0, 0.1) is 0 Å². The van der Waals surface area contributed by atoms with Crippen LogP contribution < -0.4 is 10.2 Å². The van der Waals surface area contributed by atoms with Crippen molar-refractivity contribution in [1.82, 2.24) is 20.2 Å². The van der Waals surface area contributed by atoms with Crippen molar-refractivity contribution < 1.29 is 9.53 Å². The van der Waals surface area contributed by atoms with Crippen LogP contribution in [0.3, 0.4) is 0 Å². The number of morpholine rings is 1. The van der Waals surface area contributed by atoms with Gasteiger partial charge in [-0.2, -0.15) is 0 Å². The molecule has 0 saturated carbocycles. The number of rotatable bonds is 7. The van der Waals surface area contributed by atoms with Crippen molar-refractivity contribution in [3.63, 3.8) is 0 Å². The average molecular weight is 360 g/mol. The number of thioether (sulfide) groups is 1. The van der Waals surface area contributed by atoms with Gasteiger partial charge in [0.1, 0.15) is 11.0 Å². The molecule has 1 N–H and O–H groups in total. The van der Waals surface area contributed by atoms with Gasteiger partial charge in [0.15, 0.2) is 5.16 Å². The summed E-state index contributed by atoms with van der Waals surface area (Å²) in [6, 6.07) is 1.74. The number of hydrogen-bond acceptors (Lipinski definition) is 7. The Balaban J connectivity index is 1.87. The molecular weight excluding hydrogens is 338 g/mol. The van der Waals surface area contributed by atoms with Crippen LogP contribution in [0.15, 0.2) is 11.2 Å². The molecule has 128 valence electrons. The van der Waals surface area contributed by atoms with Crippen molar-refractivity contribution in [2.45, 2.75) is 5.16 Å². The Morgan fingerprint density at radius 2 is 2.17 bits per heavy atom. The van der Waals surface area contributed by atoms with Crippen molar-refractivity contribution in [1.29, 1.82) is 0 Å². The van der Waals surface area contributed by atoms with Gasteiger partial charge >= 0.3 is 0 Å². The Morgan fingerprint density at radius 3 is 2.87 bits per heavy atom. The van der Waals surface area contributed by atoms with E-state index in [2.05, 4.69) is 20.2 Å². The SMILES string of the molecule is CN(C)CCNC(=O)CSc1nc(Cl)cc(N2CCOCC2)n1. The van der Waals surface area contributed by atoms with E-state index in [0.29, 0.717) is 30.1 Å². The van der Waals surface area contributed by atoms with E-state index in [9.17, 15) is 4.79 Å². The molecule has 0 unspecified atom stereocenters. The Kier molecular flexibility index (Phi) is 7.35. The Morgan fingerprint density at radius 1 is 1.43 bits per heavy atom. The summed E-state index contributed by atoms with van der Waals surface area (Å²) in [5.74, 6) is 1.02. The summed E-state index contributed by atoms with van der Waals surface area (Å²) in [5.41, 5.74) is 0. The van der Waals surface area contributed by atoms with E-state index in [1.807, 2.05) is 19.0 Å². The molecule has 1 amide bonds. The highest BCUT2D eigenvalue weighted by Crippen LogP contribution is 2.22. The normalized spacial score (nSPS) is 15.0. The third-order valence-corrected chi connectivity index (χ3v) is 4.25. The summed E-state index contributed by atoms with van der Waals surface area (Å²) >= 11 is 7.36. The molecule has 2 rings (SSSR count). The first-order chi connectivity index (χ1) is 11.0. The quantitative estimate of drug-likeness (QED) is 0.437. The number of amides is 1. The number of nitrogens with zero attached hydrogens (tertiary/aromatic N) is 4. The zero-order valence-corrected chi connectivity index (χ0v) is 15.0. The van der Waals surface area contributed by atoms with Gasteiger partial charge in [-0.25, -0.2) is 9.97 Å². The van der Waals surface area contributed by atoms with Crippen molar-refractivity contribution in [3.05, 3.63) is 11.2 Å². The summed E-state index contributed by atoms with van der Waals surface area (Å²) in [6.45, 7) is 4.36. The van der Waals surface area contributed by atoms with Gasteiger partial charge in [0.2, 0.25) is 5.91 Å². The Labute approximate surface area is 145 Å². The number of ether oxygens (including phenoxy) is 1.